The Hall–Kier alpha value is -0.660. The van der Waals surface area contributed by atoms with E-state index in [0.717, 1.165) is 0 Å². The number of aromatic nitrogens is 2. The zero-order valence-electron chi connectivity index (χ0n) is 10.3. The van der Waals surface area contributed by atoms with E-state index in [1.807, 2.05) is 6.92 Å². The summed E-state index contributed by atoms with van der Waals surface area (Å²) in [5, 5.41) is 0.694. The average Bonchev–Trinajstić information content (AvgIpc) is 2.74. The Bertz CT molecular complexity index is 593. The quantitative estimate of drug-likeness (QED) is 0.799. The fraction of sp³-hybridized carbons (Fsp3) is 0.500. The molecule has 3 atom stereocenters. The summed E-state index contributed by atoms with van der Waals surface area (Å²) in [5.74, 6) is 0. The molecule has 0 aromatic carbocycles. The molecule has 1 aliphatic heterocycles. The molecule has 0 radical (unpaired) electrons. The molecule has 104 valence electrons. The normalized spacial score (nSPS) is 27.2. The fourth-order valence-electron chi connectivity index (χ4n) is 2.01. The van der Waals surface area contributed by atoms with Gasteiger partial charge in [0.2, 0.25) is 0 Å². The van der Waals surface area contributed by atoms with Gasteiger partial charge in [0.1, 0.15) is 6.23 Å². The topological polar surface area (TPSA) is 64.1 Å². The number of allylic oxidation sites excluding steroid dienone is 1. The minimum Gasteiger partial charge on any atom is -0.353 e. The van der Waals surface area contributed by atoms with E-state index in [0.29, 0.717) is 17.3 Å². The first-order chi connectivity index (χ1) is 9.06. The maximum absolute atomic E-state index is 11.9. The highest BCUT2D eigenvalue weighted by molar-refractivity contribution is 9.10. The second kappa shape index (κ2) is 6.19. The molecule has 0 saturated carbocycles. The predicted octanol–water partition coefficient (Wildman–Crippen LogP) is 2.02. The molecule has 0 amide bonds. The number of H-pyrrole nitrogens is 1. The highest BCUT2D eigenvalue weighted by atomic mass is 79.9. The highest BCUT2D eigenvalue weighted by Gasteiger charge is 2.34. The maximum Gasteiger partial charge on any atom is 0.330 e. The Morgan fingerprint density at radius 1 is 1.58 bits per heavy atom. The zero-order chi connectivity index (χ0) is 14.0. The number of nitrogens with one attached hydrogen (secondary N) is 1. The van der Waals surface area contributed by atoms with Crippen molar-refractivity contribution in [3.8, 4) is 0 Å². The molecule has 1 aromatic rings. The van der Waals surface area contributed by atoms with Gasteiger partial charge in [0, 0.05) is 22.8 Å². The maximum atomic E-state index is 11.9. The molecule has 19 heavy (non-hydrogen) atoms. The van der Waals surface area contributed by atoms with Gasteiger partial charge in [-0.05, 0) is 6.92 Å². The lowest BCUT2D eigenvalue weighted by molar-refractivity contribution is 0.0112. The van der Waals surface area contributed by atoms with Gasteiger partial charge in [-0.2, -0.15) is 0 Å². The van der Waals surface area contributed by atoms with Gasteiger partial charge in [-0.3, -0.25) is 14.3 Å². The van der Waals surface area contributed by atoms with Crippen molar-refractivity contribution in [2.75, 3.05) is 5.33 Å². The Morgan fingerprint density at radius 2 is 2.32 bits per heavy atom. The van der Waals surface area contributed by atoms with Crippen molar-refractivity contribution in [1.82, 2.24) is 9.55 Å². The van der Waals surface area contributed by atoms with Gasteiger partial charge in [0.25, 0.3) is 5.56 Å². The minimum atomic E-state index is -0.446. The van der Waals surface area contributed by atoms with Crippen LogP contribution >= 0.6 is 31.9 Å². The van der Waals surface area contributed by atoms with Crippen LogP contribution in [0.5, 0.6) is 0 Å². The van der Waals surface area contributed by atoms with Crippen molar-refractivity contribution in [2.24, 2.45) is 0 Å². The largest absolute Gasteiger partial charge is 0.353 e. The highest BCUT2D eigenvalue weighted by Crippen LogP contribution is 2.33. The van der Waals surface area contributed by atoms with Crippen LogP contribution in [0, 0.1) is 0 Å². The van der Waals surface area contributed by atoms with E-state index in [1.54, 1.807) is 18.3 Å². The number of nitrogens with zero attached hydrogens (tertiary/aromatic N) is 1. The van der Waals surface area contributed by atoms with Crippen molar-refractivity contribution >= 4 is 37.9 Å². The number of hydrogen-bond acceptors (Lipinski definition) is 3. The lowest BCUT2D eigenvalue weighted by atomic mass is 10.2. The third-order valence-corrected chi connectivity index (χ3v) is 4.57. The second-order valence-corrected chi connectivity index (χ2v) is 6.11. The molecule has 0 bridgehead atoms. The Kier molecular flexibility index (Phi) is 4.81. The molecule has 1 fully saturated rings. The first kappa shape index (κ1) is 14.7. The van der Waals surface area contributed by atoms with E-state index in [9.17, 15) is 9.59 Å². The van der Waals surface area contributed by atoms with Crippen LogP contribution in [0.15, 0.2) is 21.9 Å². The predicted molar refractivity (Wildman–Crippen MR) is 81.1 cm³/mol. The van der Waals surface area contributed by atoms with Crippen LogP contribution < -0.4 is 11.2 Å². The molecular weight excluding hydrogens is 380 g/mol. The summed E-state index contributed by atoms with van der Waals surface area (Å²) < 4.78 is 7.22. The number of hydrogen-bond donors (Lipinski definition) is 1. The van der Waals surface area contributed by atoms with Crippen LogP contribution in [0.1, 0.15) is 25.1 Å². The standard InChI is InChI=1S/C12H14Br2N2O3/c1-2-3-7-6-16(12(18)15-11(7)17)10-4-8(14)9(5-13)19-10/h2-3,6,8-10H,4-5H2,1H3,(H,15,17,18)/b3-2+. The van der Waals surface area contributed by atoms with Crippen LogP contribution in [-0.4, -0.2) is 25.8 Å². The molecule has 0 spiro atoms. The van der Waals surface area contributed by atoms with Crippen LogP contribution in [0.3, 0.4) is 0 Å². The summed E-state index contributed by atoms with van der Waals surface area (Å²) in [4.78, 5) is 26.0. The minimum absolute atomic E-state index is 0.00833. The summed E-state index contributed by atoms with van der Waals surface area (Å²) >= 11 is 6.91. The third-order valence-electron chi connectivity index (χ3n) is 2.97. The van der Waals surface area contributed by atoms with E-state index < -0.39 is 5.69 Å². The van der Waals surface area contributed by atoms with E-state index in [4.69, 9.17) is 4.74 Å². The summed E-state index contributed by atoms with van der Waals surface area (Å²) in [5.41, 5.74) is -0.387. The summed E-state index contributed by atoms with van der Waals surface area (Å²) in [6.45, 7) is 1.82. The molecule has 1 N–H and O–H groups in total. The van der Waals surface area contributed by atoms with Crippen molar-refractivity contribution in [1.29, 1.82) is 0 Å². The molecule has 1 aromatic heterocycles. The summed E-state index contributed by atoms with van der Waals surface area (Å²) in [6.07, 6.45) is 5.29. The monoisotopic (exact) mass is 392 g/mol. The molecular formula is C12H14Br2N2O3. The van der Waals surface area contributed by atoms with Crippen molar-refractivity contribution in [2.45, 2.75) is 30.5 Å². The molecule has 7 heteroatoms. The van der Waals surface area contributed by atoms with Crippen molar-refractivity contribution < 1.29 is 4.74 Å². The van der Waals surface area contributed by atoms with Gasteiger partial charge in [0.15, 0.2) is 0 Å². The van der Waals surface area contributed by atoms with Crippen LogP contribution in [0.25, 0.3) is 6.08 Å². The average molecular weight is 394 g/mol. The first-order valence-corrected chi connectivity index (χ1v) is 7.94. The zero-order valence-corrected chi connectivity index (χ0v) is 13.5. The van der Waals surface area contributed by atoms with Gasteiger partial charge in [-0.15, -0.1) is 0 Å². The van der Waals surface area contributed by atoms with Gasteiger partial charge >= 0.3 is 5.69 Å². The van der Waals surface area contributed by atoms with Gasteiger partial charge < -0.3 is 4.74 Å². The lowest BCUT2D eigenvalue weighted by Crippen LogP contribution is -2.33. The molecule has 2 rings (SSSR count). The molecule has 3 unspecified atom stereocenters. The molecule has 0 aliphatic carbocycles. The van der Waals surface area contributed by atoms with E-state index in [-0.39, 0.29) is 22.7 Å². The van der Waals surface area contributed by atoms with E-state index in [2.05, 4.69) is 36.8 Å². The Labute approximate surface area is 126 Å². The Morgan fingerprint density at radius 3 is 2.89 bits per heavy atom. The SMILES string of the molecule is C/C=C/c1cn(C2CC(Br)C(CBr)O2)c(=O)[nH]c1=O. The Balaban J connectivity index is 2.38. The second-order valence-electron chi connectivity index (χ2n) is 4.29. The lowest BCUT2D eigenvalue weighted by Gasteiger charge is -2.14. The number of halogens is 2. The fourth-order valence-corrected chi connectivity index (χ4v) is 3.75. The number of alkyl halides is 2. The van der Waals surface area contributed by atoms with E-state index >= 15 is 0 Å². The van der Waals surface area contributed by atoms with Crippen LogP contribution in [0.2, 0.25) is 0 Å². The molecule has 5 nitrogen and oxygen atoms in total. The van der Waals surface area contributed by atoms with Gasteiger partial charge in [-0.1, -0.05) is 44.0 Å². The third kappa shape index (κ3) is 3.09. The van der Waals surface area contributed by atoms with Crippen LogP contribution in [-0.2, 0) is 4.74 Å². The number of ether oxygens (including phenoxy) is 1. The van der Waals surface area contributed by atoms with Gasteiger partial charge in [-0.25, -0.2) is 4.79 Å². The first-order valence-electron chi connectivity index (χ1n) is 5.90. The van der Waals surface area contributed by atoms with E-state index in [1.165, 1.54) is 4.57 Å². The molecule has 1 saturated heterocycles. The molecule has 1 aliphatic rings. The number of aromatic amines is 1. The van der Waals surface area contributed by atoms with Crippen molar-refractivity contribution in [3.63, 3.8) is 0 Å². The summed E-state index contributed by atoms with van der Waals surface area (Å²) in [7, 11) is 0. The number of rotatable bonds is 3. The van der Waals surface area contributed by atoms with Gasteiger partial charge in [0.05, 0.1) is 11.7 Å². The smallest absolute Gasteiger partial charge is 0.330 e. The molecule has 2 heterocycles. The van der Waals surface area contributed by atoms with Crippen molar-refractivity contribution in [3.05, 3.63) is 38.7 Å². The van der Waals surface area contributed by atoms with Crippen LogP contribution in [0.4, 0.5) is 0 Å². The summed E-state index contributed by atoms with van der Waals surface area (Å²) in [6, 6.07) is 0.